The van der Waals surface area contributed by atoms with Gasteiger partial charge in [-0.05, 0) is 66.0 Å². The van der Waals surface area contributed by atoms with Gasteiger partial charge in [-0.3, -0.25) is 9.59 Å². The first kappa shape index (κ1) is 25.2. The smallest absolute Gasteiger partial charge is 0.261 e. The Morgan fingerprint density at radius 2 is 1.81 bits per heavy atom. The molecule has 9 heteroatoms. The summed E-state index contributed by atoms with van der Waals surface area (Å²) in [6.45, 7) is 1.52. The van der Waals surface area contributed by atoms with Gasteiger partial charge in [0.2, 0.25) is 5.91 Å². The monoisotopic (exact) mass is 560 g/mol. The molecule has 0 spiro atoms. The van der Waals surface area contributed by atoms with Gasteiger partial charge in [0.15, 0.2) is 6.61 Å². The highest BCUT2D eigenvalue weighted by atomic mass is 79.9. The predicted octanol–water partition coefficient (Wildman–Crippen LogP) is 6.26. The fraction of sp³-hybridized carbons (Fsp3) is 0.391. The highest BCUT2D eigenvalue weighted by Gasteiger charge is 2.29. The molecule has 1 N–H and O–H groups in total. The van der Waals surface area contributed by atoms with Crippen LogP contribution in [0.5, 0.6) is 5.75 Å². The van der Waals surface area contributed by atoms with Crippen molar-refractivity contribution in [3.8, 4) is 5.75 Å². The number of halogens is 4. The number of ether oxygens (including phenoxy) is 1. The van der Waals surface area contributed by atoms with E-state index >= 15 is 0 Å². The number of nitrogens with one attached hydrogen (secondary N) is 1. The van der Waals surface area contributed by atoms with Crippen LogP contribution in [0.25, 0.3) is 0 Å². The number of hydrogen-bond donors (Lipinski definition) is 1. The fourth-order valence-corrected chi connectivity index (χ4v) is 4.96. The van der Waals surface area contributed by atoms with Crippen molar-refractivity contribution in [3.63, 3.8) is 0 Å². The van der Waals surface area contributed by atoms with Gasteiger partial charge in [0.05, 0.1) is 4.47 Å². The van der Waals surface area contributed by atoms with Crippen LogP contribution in [0.1, 0.15) is 38.2 Å². The molecule has 1 fully saturated rings. The lowest BCUT2D eigenvalue weighted by Crippen LogP contribution is -2.50. The Kier molecular flexibility index (Phi) is 9.12. The molecule has 0 heterocycles. The Morgan fingerprint density at radius 1 is 1.16 bits per heavy atom. The molecule has 0 bridgehead atoms. The Balaban J connectivity index is 1.78. The zero-order valence-electron chi connectivity index (χ0n) is 17.5. The van der Waals surface area contributed by atoms with Crippen molar-refractivity contribution in [2.45, 2.75) is 51.2 Å². The van der Waals surface area contributed by atoms with Gasteiger partial charge in [0.25, 0.3) is 5.91 Å². The van der Waals surface area contributed by atoms with Crippen molar-refractivity contribution >= 4 is 62.5 Å². The minimum Gasteiger partial charge on any atom is -0.483 e. The van der Waals surface area contributed by atoms with E-state index in [1.807, 2.05) is 0 Å². The Morgan fingerprint density at radius 3 is 2.44 bits per heavy atom. The third-order valence-corrected chi connectivity index (χ3v) is 7.07. The maximum absolute atomic E-state index is 13.2. The molecule has 172 valence electrons. The van der Waals surface area contributed by atoms with E-state index in [0.717, 1.165) is 25.7 Å². The zero-order valence-corrected chi connectivity index (χ0v) is 21.4. The first-order valence-corrected chi connectivity index (χ1v) is 12.3. The summed E-state index contributed by atoms with van der Waals surface area (Å²) in [5.74, 6) is -0.0976. The van der Waals surface area contributed by atoms with E-state index in [0.29, 0.717) is 30.9 Å². The van der Waals surface area contributed by atoms with Gasteiger partial charge in [-0.15, -0.1) is 0 Å². The van der Waals surface area contributed by atoms with Crippen molar-refractivity contribution < 1.29 is 14.3 Å². The lowest BCUT2D eigenvalue weighted by molar-refractivity contribution is -0.142. The second kappa shape index (κ2) is 11.6. The van der Waals surface area contributed by atoms with E-state index < -0.39 is 6.04 Å². The molecule has 0 radical (unpaired) electrons. The minimum atomic E-state index is -0.729. The molecule has 0 saturated heterocycles. The molecule has 5 nitrogen and oxygen atoms in total. The standard InChI is InChI=1S/C23H24BrCl3N2O3/c1-14(23(31)28-16-5-2-3-6-16)29(12-17-19(26)7-4-8-20(17)27)22(30)13-32-21-10-9-15(25)11-18(21)24/h4,7-11,14,16H,2-3,5-6,12-13H2,1H3,(H,28,31)/t14-/m1/s1. The molecular weight excluding hydrogens is 539 g/mol. The second-order valence-corrected chi connectivity index (χ2v) is 9.86. The first-order chi connectivity index (χ1) is 15.3. The van der Waals surface area contributed by atoms with Crippen LogP contribution in [-0.4, -0.2) is 35.4 Å². The molecule has 32 heavy (non-hydrogen) atoms. The summed E-state index contributed by atoms with van der Waals surface area (Å²) < 4.78 is 6.33. The van der Waals surface area contributed by atoms with Crippen molar-refractivity contribution in [3.05, 3.63) is 61.5 Å². The average molecular weight is 563 g/mol. The average Bonchev–Trinajstić information content (AvgIpc) is 3.25. The van der Waals surface area contributed by atoms with Crippen LogP contribution in [0.15, 0.2) is 40.9 Å². The summed E-state index contributed by atoms with van der Waals surface area (Å²) >= 11 is 22.0. The van der Waals surface area contributed by atoms with E-state index in [1.54, 1.807) is 43.3 Å². The van der Waals surface area contributed by atoms with Crippen LogP contribution in [0.3, 0.4) is 0 Å². The van der Waals surface area contributed by atoms with E-state index in [9.17, 15) is 9.59 Å². The Labute approximate surface area is 211 Å². The van der Waals surface area contributed by atoms with Crippen LogP contribution in [0.2, 0.25) is 15.1 Å². The second-order valence-electron chi connectivity index (χ2n) is 7.75. The number of nitrogens with zero attached hydrogens (tertiary/aromatic N) is 1. The number of amides is 2. The highest BCUT2D eigenvalue weighted by Crippen LogP contribution is 2.29. The molecule has 0 aromatic heterocycles. The van der Waals surface area contributed by atoms with Crippen LogP contribution in [-0.2, 0) is 16.1 Å². The molecule has 2 aromatic carbocycles. The van der Waals surface area contributed by atoms with E-state index in [2.05, 4.69) is 21.2 Å². The van der Waals surface area contributed by atoms with Gasteiger partial charge in [0, 0.05) is 33.2 Å². The zero-order chi connectivity index (χ0) is 23.3. The summed E-state index contributed by atoms with van der Waals surface area (Å²) in [6, 6.07) is 9.58. The van der Waals surface area contributed by atoms with Crippen LogP contribution in [0.4, 0.5) is 0 Å². The number of benzene rings is 2. The minimum absolute atomic E-state index is 0.0851. The molecule has 2 aromatic rings. The summed E-state index contributed by atoms with van der Waals surface area (Å²) in [4.78, 5) is 27.6. The van der Waals surface area contributed by atoms with E-state index in [1.165, 1.54) is 4.90 Å². The third-order valence-electron chi connectivity index (χ3n) is 5.50. The van der Waals surface area contributed by atoms with Gasteiger partial charge in [-0.2, -0.15) is 0 Å². The van der Waals surface area contributed by atoms with E-state index in [4.69, 9.17) is 39.5 Å². The molecule has 3 rings (SSSR count). The van der Waals surface area contributed by atoms with Crippen LogP contribution >= 0.6 is 50.7 Å². The van der Waals surface area contributed by atoms with Gasteiger partial charge < -0.3 is 15.0 Å². The number of rotatable bonds is 8. The largest absolute Gasteiger partial charge is 0.483 e. The third kappa shape index (κ3) is 6.53. The van der Waals surface area contributed by atoms with Crippen LogP contribution in [0, 0.1) is 0 Å². The Hall–Kier alpha value is -1.47. The molecular formula is C23H24BrCl3N2O3. The molecule has 0 aliphatic heterocycles. The van der Waals surface area contributed by atoms with Gasteiger partial charge in [-0.25, -0.2) is 0 Å². The predicted molar refractivity (Wildman–Crippen MR) is 132 cm³/mol. The number of carbonyl (C=O) groups is 2. The van der Waals surface area contributed by atoms with Crippen molar-refractivity contribution in [2.24, 2.45) is 0 Å². The van der Waals surface area contributed by atoms with Gasteiger partial charge in [-0.1, -0.05) is 53.7 Å². The number of carbonyl (C=O) groups excluding carboxylic acids is 2. The quantitative estimate of drug-likeness (QED) is 0.413. The molecule has 1 aliphatic carbocycles. The highest BCUT2D eigenvalue weighted by molar-refractivity contribution is 9.10. The topological polar surface area (TPSA) is 58.6 Å². The fourth-order valence-electron chi connectivity index (χ4n) is 3.64. The summed E-state index contributed by atoms with van der Waals surface area (Å²) in [5.41, 5.74) is 0.581. The number of hydrogen-bond acceptors (Lipinski definition) is 3. The lowest BCUT2D eigenvalue weighted by atomic mass is 10.1. The lowest BCUT2D eigenvalue weighted by Gasteiger charge is -2.30. The SMILES string of the molecule is C[C@H](C(=O)NC1CCCC1)N(Cc1c(Cl)cccc1Cl)C(=O)COc1ccc(Cl)cc1Br. The summed E-state index contributed by atoms with van der Waals surface area (Å²) in [7, 11) is 0. The maximum atomic E-state index is 13.2. The molecule has 2 amide bonds. The van der Waals surface area contributed by atoms with Crippen molar-refractivity contribution in [2.75, 3.05) is 6.61 Å². The van der Waals surface area contributed by atoms with Crippen molar-refractivity contribution in [1.82, 2.24) is 10.2 Å². The van der Waals surface area contributed by atoms with E-state index in [-0.39, 0.29) is 31.0 Å². The molecule has 1 aliphatic rings. The molecule has 1 saturated carbocycles. The Bertz CT molecular complexity index is 963. The normalized spacial score (nSPS) is 14.8. The molecule has 1 atom stereocenters. The van der Waals surface area contributed by atoms with Crippen LogP contribution < -0.4 is 10.1 Å². The molecule has 0 unspecified atom stereocenters. The van der Waals surface area contributed by atoms with Crippen molar-refractivity contribution in [1.29, 1.82) is 0 Å². The van der Waals surface area contributed by atoms with Gasteiger partial charge in [0.1, 0.15) is 11.8 Å². The summed E-state index contributed by atoms with van der Waals surface area (Å²) in [5, 5.41) is 4.46. The van der Waals surface area contributed by atoms with Gasteiger partial charge >= 0.3 is 0 Å². The summed E-state index contributed by atoms with van der Waals surface area (Å²) in [6.07, 6.45) is 4.11. The maximum Gasteiger partial charge on any atom is 0.261 e. The first-order valence-electron chi connectivity index (χ1n) is 10.4.